The van der Waals surface area contributed by atoms with E-state index < -0.39 is 34.0 Å². The maximum Gasteiger partial charge on any atom is 0.416 e. The third-order valence-corrected chi connectivity index (χ3v) is 5.08. The maximum absolute atomic E-state index is 12.9. The Hall–Kier alpha value is -4.07. The number of nitro benzene ring substituents is 1. The molecule has 0 bridgehead atoms. The first-order valence-electron chi connectivity index (χ1n) is 9.50. The van der Waals surface area contributed by atoms with E-state index >= 15 is 0 Å². The molecule has 0 saturated heterocycles. The minimum absolute atomic E-state index is 0.0725. The van der Waals surface area contributed by atoms with Crippen molar-refractivity contribution in [3.05, 3.63) is 97.5 Å². The molecule has 0 unspecified atom stereocenters. The molecule has 0 saturated carbocycles. The lowest BCUT2D eigenvalue weighted by Crippen LogP contribution is -2.13. The molecule has 35 heavy (non-hydrogen) atoms. The summed E-state index contributed by atoms with van der Waals surface area (Å²) in [6.45, 7) is 0. The fourth-order valence-electron chi connectivity index (χ4n) is 2.80. The molecule has 178 valence electrons. The van der Waals surface area contributed by atoms with Crippen molar-refractivity contribution < 1.29 is 27.6 Å². The number of para-hydroxylation sites is 1. The lowest BCUT2D eigenvalue weighted by molar-refractivity contribution is -0.385. The molecule has 0 aliphatic carbocycles. The van der Waals surface area contributed by atoms with Gasteiger partial charge in [-0.25, -0.2) is 0 Å². The monoisotopic (exact) mass is 521 g/mol. The van der Waals surface area contributed by atoms with Gasteiger partial charge in [0.25, 0.3) is 5.91 Å². The highest BCUT2D eigenvalue weighted by Crippen LogP contribution is 2.39. The second-order valence-corrected chi connectivity index (χ2v) is 7.65. The van der Waals surface area contributed by atoms with E-state index in [2.05, 4.69) is 5.32 Å². The largest absolute Gasteiger partial charge is 0.449 e. The highest BCUT2D eigenvalue weighted by atomic mass is 35.5. The van der Waals surface area contributed by atoms with Gasteiger partial charge in [0.05, 0.1) is 26.2 Å². The zero-order chi connectivity index (χ0) is 25.8. The highest BCUT2D eigenvalue weighted by molar-refractivity contribution is 6.34. The van der Waals surface area contributed by atoms with Crippen LogP contribution in [0.2, 0.25) is 10.0 Å². The number of anilines is 1. The molecule has 7 nitrogen and oxygen atoms in total. The predicted molar refractivity (Wildman–Crippen MR) is 123 cm³/mol. The molecule has 0 spiro atoms. The van der Waals surface area contributed by atoms with E-state index in [0.717, 1.165) is 6.07 Å². The van der Waals surface area contributed by atoms with Gasteiger partial charge in [0.15, 0.2) is 0 Å². The summed E-state index contributed by atoms with van der Waals surface area (Å²) in [6.07, 6.45) is -3.53. The summed E-state index contributed by atoms with van der Waals surface area (Å²) in [5, 5.41) is 23.3. The molecule has 0 radical (unpaired) electrons. The second kappa shape index (κ2) is 10.5. The van der Waals surface area contributed by atoms with Gasteiger partial charge >= 0.3 is 11.9 Å². The number of benzene rings is 3. The van der Waals surface area contributed by atoms with E-state index in [1.165, 1.54) is 24.3 Å². The zero-order valence-electron chi connectivity index (χ0n) is 17.3. The van der Waals surface area contributed by atoms with Crippen LogP contribution in [0.3, 0.4) is 0 Å². The van der Waals surface area contributed by atoms with Gasteiger partial charge in [-0.05, 0) is 48.0 Å². The van der Waals surface area contributed by atoms with Crippen LogP contribution < -0.4 is 10.1 Å². The number of nitrogens with zero attached hydrogens (tertiary/aromatic N) is 2. The molecule has 1 N–H and O–H groups in total. The molecular formula is C23H12Cl2F3N3O4. The number of rotatable bonds is 6. The molecule has 0 aliphatic rings. The lowest BCUT2D eigenvalue weighted by atomic mass is 10.1. The molecule has 0 fully saturated rings. The van der Waals surface area contributed by atoms with Crippen LogP contribution in [0.5, 0.6) is 11.5 Å². The van der Waals surface area contributed by atoms with E-state index in [1.54, 1.807) is 30.3 Å². The molecule has 12 heteroatoms. The molecule has 0 heterocycles. The molecular weight excluding hydrogens is 510 g/mol. The van der Waals surface area contributed by atoms with E-state index in [4.69, 9.17) is 27.9 Å². The van der Waals surface area contributed by atoms with Crippen LogP contribution in [-0.2, 0) is 11.0 Å². The summed E-state index contributed by atoms with van der Waals surface area (Å²) >= 11 is 12.2. The maximum atomic E-state index is 12.9. The van der Waals surface area contributed by atoms with Crippen LogP contribution in [0.1, 0.15) is 11.1 Å². The minimum atomic E-state index is -4.77. The van der Waals surface area contributed by atoms with E-state index in [-0.39, 0.29) is 21.4 Å². The van der Waals surface area contributed by atoms with Gasteiger partial charge in [0, 0.05) is 6.07 Å². The third-order valence-electron chi connectivity index (χ3n) is 4.46. The lowest BCUT2D eigenvalue weighted by Gasteiger charge is -2.11. The topological polar surface area (TPSA) is 105 Å². The van der Waals surface area contributed by atoms with E-state index in [9.17, 15) is 33.3 Å². The van der Waals surface area contributed by atoms with Crippen molar-refractivity contribution >= 4 is 46.6 Å². The highest BCUT2D eigenvalue weighted by Gasteiger charge is 2.33. The number of hydrogen-bond acceptors (Lipinski definition) is 5. The molecule has 0 atom stereocenters. The van der Waals surface area contributed by atoms with Crippen molar-refractivity contribution in [3.8, 4) is 17.6 Å². The molecule has 0 aromatic heterocycles. The summed E-state index contributed by atoms with van der Waals surface area (Å²) in [6, 6.07) is 14.0. The van der Waals surface area contributed by atoms with Gasteiger partial charge in [-0.3, -0.25) is 14.9 Å². The number of ether oxygens (including phenoxy) is 1. The number of carbonyl (C=O) groups is 1. The number of halogens is 5. The number of amides is 1. The fraction of sp³-hybridized carbons (Fsp3) is 0.0435. The van der Waals surface area contributed by atoms with E-state index in [1.807, 2.05) is 0 Å². The van der Waals surface area contributed by atoms with Crippen LogP contribution in [0.25, 0.3) is 6.08 Å². The van der Waals surface area contributed by atoms with Gasteiger partial charge in [0.2, 0.25) is 5.75 Å². The first kappa shape index (κ1) is 25.6. The van der Waals surface area contributed by atoms with Crippen molar-refractivity contribution in [3.63, 3.8) is 0 Å². The SMILES string of the molecule is N#C/C(=C/c1ccc(Oc2ccc(C(F)(F)F)cc2[N+](=O)[O-])c(Cl)c1)C(=O)Nc1ccccc1Cl. The number of alkyl halides is 3. The molecule has 3 aromatic carbocycles. The summed E-state index contributed by atoms with van der Waals surface area (Å²) in [5.74, 6) is -1.27. The summed E-state index contributed by atoms with van der Waals surface area (Å²) in [7, 11) is 0. The van der Waals surface area contributed by atoms with E-state index in [0.29, 0.717) is 23.4 Å². The molecule has 1 amide bonds. The summed E-state index contributed by atoms with van der Waals surface area (Å²) in [4.78, 5) is 22.7. The van der Waals surface area contributed by atoms with Crippen LogP contribution in [0.4, 0.5) is 24.5 Å². The van der Waals surface area contributed by atoms with Crippen LogP contribution in [-0.4, -0.2) is 10.8 Å². The molecule has 3 rings (SSSR count). The quantitative estimate of drug-likeness (QED) is 0.159. The number of nitrogens with one attached hydrogen (secondary N) is 1. The van der Waals surface area contributed by atoms with Gasteiger partial charge in [-0.1, -0.05) is 41.4 Å². The first-order valence-corrected chi connectivity index (χ1v) is 10.3. The number of hydrogen-bond donors (Lipinski definition) is 1. The number of nitriles is 1. The predicted octanol–water partition coefficient (Wildman–Crippen LogP) is 7.26. The Balaban J connectivity index is 1.85. The van der Waals surface area contributed by atoms with Crippen molar-refractivity contribution in [2.24, 2.45) is 0 Å². The Bertz CT molecular complexity index is 1390. The van der Waals surface area contributed by atoms with Crippen LogP contribution in [0.15, 0.2) is 66.2 Å². The standard InChI is InChI=1S/C23H12Cl2F3N3O4/c24-16-3-1-2-4-18(16)30-22(32)14(12-29)9-13-5-7-20(17(25)10-13)35-21-8-6-15(23(26,27)28)11-19(21)31(33)34/h1-11H,(H,30,32)/b14-9-. The Morgan fingerprint density at radius 1 is 1.06 bits per heavy atom. The van der Waals surface area contributed by atoms with Crippen molar-refractivity contribution in [1.82, 2.24) is 0 Å². The van der Waals surface area contributed by atoms with Gasteiger partial charge in [-0.15, -0.1) is 0 Å². The molecule has 3 aromatic rings. The van der Waals surface area contributed by atoms with Gasteiger partial charge < -0.3 is 10.1 Å². The summed E-state index contributed by atoms with van der Waals surface area (Å²) < 4.78 is 44.0. The Labute approximate surface area is 206 Å². The van der Waals surface area contributed by atoms with Crippen molar-refractivity contribution in [1.29, 1.82) is 5.26 Å². The van der Waals surface area contributed by atoms with Crippen molar-refractivity contribution in [2.75, 3.05) is 5.32 Å². The van der Waals surface area contributed by atoms with Crippen molar-refractivity contribution in [2.45, 2.75) is 6.18 Å². The van der Waals surface area contributed by atoms with Crippen LogP contribution >= 0.6 is 23.2 Å². The summed E-state index contributed by atoms with van der Waals surface area (Å²) in [5.41, 5.74) is -1.76. The Kier molecular flexibility index (Phi) is 7.64. The normalized spacial score (nSPS) is 11.5. The average Bonchev–Trinajstić information content (AvgIpc) is 2.80. The fourth-order valence-corrected chi connectivity index (χ4v) is 3.21. The first-order chi connectivity index (χ1) is 16.5. The van der Waals surface area contributed by atoms with Gasteiger partial charge in [-0.2, -0.15) is 18.4 Å². The number of carbonyl (C=O) groups excluding carboxylic acids is 1. The Morgan fingerprint density at radius 3 is 2.34 bits per heavy atom. The molecule has 0 aliphatic heterocycles. The smallest absolute Gasteiger partial charge is 0.416 e. The Morgan fingerprint density at radius 2 is 1.74 bits per heavy atom. The number of nitro groups is 1. The average molecular weight is 522 g/mol. The minimum Gasteiger partial charge on any atom is -0.449 e. The third kappa shape index (κ3) is 6.29. The zero-order valence-corrected chi connectivity index (χ0v) is 18.8. The second-order valence-electron chi connectivity index (χ2n) is 6.83. The van der Waals surface area contributed by atoms with Crippen LogP contribution in [0, 0.1) is 21.4 Å². The van der Waals surface area contributed by atoms with Gasteiger partial charge in [0.1, 0.15) is 17.4 Å².